The van der Waals surface area contributed by atoms with Gasteiger partial charge in [0.15, 0.2) is 0 Å². The summed E-state index contributed by atoms with van der Waals surface area (Å²) in [6, 6.07) is 11.9. The lowest BCUT2D eigenvalue weighted by Gasteiger charge is -2.15. The molecule has 0 heterocycles. The van der Waals surface area contributed by atoms with E-state index in [1.807, 2.05) is 31.2 Å². The van der Waals surface area contributed by atoms with Gasteiger partial charge in [-0.2, -0.15) is 0 Å². The highest BCUT2D eigenvalue weighted by atomic mass is 79.9. The summed E-state index contributed by atoms with van der Waals surface area (Å²) < 4.78 is 11.7. The van der Waals surface area contributed by atoms with Gasteiger partial charge in [-0.25, -0.2) is 4.79 Å². The summed E-state index contributed by atoms with van der Waals surface area (Å²) in [6.07, 6.45) is 0.523. The molecule has 0 saturated heterocycles. The van der Waals surface area contributed by atoms with E-state index < -0.39 is 6.09 Å². The van der Waals surface area contributed by atoms with Gasteiger partial charge < -0.3 is 9.47 Å². The van der Waals surface area contributed by atoms with Crippen LogP contribution in [0.15, 0.2) is 40.9 Å². The van der Waals surface area contributed by atoms with Gasteiger partial charge in [0.2, 0.25) is 0 Å². The SMILES string of the molecule is CCOC(=O)Nc1c(Br)cccc1COc1ccc(CC)cc1C. The molecule has 2 rings (SSSR count). The molecule has 1 amide bonds. The highest BCUT2D eigenvalue weighted by Gasteiger charge is 2.12. The van der Waals surface area contributed by atoms with Crippen molar-refractivity contribution in [2.75, 3.05) is 11.9 Å². The zero-order chi connectivity index (χ0) is 17.5. The molecule has 24 heavy (non-hydrogen) atoms. The Morgan fingerprint density at radius 1 is 1.21 bits per heavy atom. The molecule has 1 N–H and O–H groups in total. The molecule has 0 aliphatic heterocycles. The van der Waals surface area contributed by atoms with Crippen molar-refractivity contribution < 1.29 is 14.3 Å². The maximum absolute atomic E-state index is 11.7. The number of carbonyl (C=O) groups excluding carboxylic acids is 1. The molecule has 0 unspecified atom stereocenters. The molecular formula is C19H22BrNO3. The van der Waals surface area contributed by atoms with Crippen molar-refractivity contribution in [3.63, 3.8) is 0 Å². The number of aryl methyl sites for hydroxylation is 2. The summed E-state index contributed by atoms with van der Waals surface area (Å²) in [7, 11) is 0. The van der Waals surface area contributed by atoms with Gasteiger partial charge in [-0.15, -0.1) is 0 Å². The summed E-state index contributed by atoms with van der Waals surface area (Å²) >= 11 is 3.46. The highest BCUT2D eigenvalue weighted by Crippen LogP contribution is 2.28. The summed E-state index contributed by atoms with van der Waals surface area (Å²) in [5.74, 6) is 0.842. The smallest absolute Gasteiger partial charge is 0.411 e. The van der Waals surface area contributed by atoms with Crippen LogP contribution in [-0.4, -0.2) is 12.7 Å². The van der Waals surface area contributed by atoms with Gasteiger partial charge in [-0.3, -0.25) is 5.32 Å². The largest absolute Gasteiger partial charge is 0.489 e. The van der Waals surface area contributed by atoms with E-state index in [0.717, 1.165) is 27.8 Å². The summed E-state index contributed by atoms with van der Waals surface area (Å²) in [5.41, 5.74) is 3.92. The molecule has 5 heteroatoms. The Kier molecular flexibility index (Phi) is 6.67. The second-order valence-corrected chi connectivity index (χ2v) is 6.22. The molecule has 0 aliphatic rings. The molecule has 0 aliphatic carbocycles. The predicted octanol–water partition coefficient (Wildman–Crippen LogP) is 5.47. The Morgan fingerprint density at radius 3 is 2.67 bits per heavy atom. The van der Waals surface area contributed by atoms with Crippen LogP contribution >= 0.6 is 15.9 Å². The van der Waals surface area contributed by atoms with Crippen molar-refractivity contribution in [2.24, 2.45) is 0 Å². The summed E-state index contributed by atoms with van der Waals surface area (Å²) in [6.45, 7) is 6.61. The first kappa shape index (κ1) is 18.3. The van der Waals surface area contributed by atoms with Crippen molar-refractivity contribution in [1.29, 1.82) is 0 Å². The standard InChI is InChI=1S/C19H22BrNO3/c1-4-14-9-10-17(13(3)11-14)24-12-15-7-6-8-16(20)18(15)21-19(22)23-5-2/h6-11H,4-5,12H2,1-3H3,(H,21,22). The fourth-order valence-electron chi connectivity index (χ4n) is 2.35. The van der Waals surface area contributed by atoms with Gasteiger partial charge in [-0.05, 0) is 59.5 Å². The number of benzene rings is 2. The molecule has 128 valence electrons. The number of ether oxygens (including phenoxy) is 2. The number of rotatable bonds is 6. The van der Waals surface area contributed by atoms with Crippen molar-refractivity contribution in [3.8, 4) is 5.75 Å². The first-order chi connectivity index (χ1) is 11.5. The van der Waals surface area contributed by atoms with Crippen molar-refractivity contribution in [3.05, 3.63) is 57.6 Å². The molecule has 0 bridgehead atoms. The number of amides is 1. The lowest BCUT2D eigenvalue weighted by atomic mass is 10.1. The minimum atomic E-state index is -0.478. The lowest BCUT2D eigenvalue weighted by Crippen LogP contribution is -2.15. The van der Waals surface area contributed by atoms with Crippen molar-refractivity contribution >= 4 is 27.7 Å². The molecule has 0 spiro atoms. The normalized spacial score (nSPS) is 10.3. The minimum absolute atomic E-state index is 0.324. The molecule has 0 saturated carbocycles. The second-order valence-electron chi connectivity index (χ2n) is 5.36. The van der Waals surface area contributed by atoms with Gasteiger partial charge in [0, 0.05) is 10.0 Å². The fourth-order valence-corrected chi connectivity index (χ4v) is 2.85. The van der Waals surface area contributed by atoms with Crippen molar-refractivity contribution in [1.82, 2.24) is 0 Å². The molecular weight excluding hydrogens is 370 g/mol. The average molecular weight is 392 g/mol. The van der Waals surface area contributed by atoms with Crippen LogP contribution < -0.4 is 10.1 Å². The molecule has 0 aromatic heterocycles. The van der Waals surface area contributed by atoms with E-state index in [0.29, 0.717) is 18.9 Å². The molecule has 0 radical (unpaired) electrons. The zero-order valence-corrected chi connectivity index (χ0v) is 15.8. The van der Waals surface area contributed by atoms with Crippen LogP contribution in [0, 0.1) is 6.92 Å². The number of carbonyl (C=O) groups is 1. The third-order valence-corrected chi connectivity index (χ3v) is 4.29. The van der Waals surface area contributed by atoms with Gasteiger partial charge in [0.25, 0.3) is 0 Å². The van der Waals surface area contributed by atoms with E-state index in [2.05, 4.69) is 40.3 Å². The Bertz CT molecular complexity index is 716. The third kappa shape index (κ3) is 4.74. The van der Waals surface area contributed by atoms with E-state index in [4.69, 9.17) is 9.47 Å². The maximum Gasteiger partial charge on any atom is 0.411 e. The van der Waals surface area contributed by atoms with E-state index >= 15 is 0 Å². The van der Waals surface area contributed by atoms with Gasteiger partial charge in [0.05, 0.1) is 12.3 Å². The van der Waals surface area contributed by atoms with Crippen LogP contribution in [0.2, 0.25) is 0 Å². The Hall–Kier alpha value is -2.01. The lowest BCUT2D eigenvalue weighted by molar-refractivity contribution is 0.168. The number of hydrogen-bond acceptors (Lipinski definition) is 3. The van der Waals surface area contributed by atoms with E-state index in [1.54, 1.807) is 6.92 Å². The fraction of sp³-hybridized carbons (Fsp3) is 0.316. The molecule has 0 fully saturated rings. The Morgan fingerprint density at radius 2 is 2.00 bits per heavy atom. The quantitative estimate of drug-likeness (QED) is 0.710. The third-order valence-electron chi connectivity index (χ3n) is 3.63. The van der Waals surface area contributed by atoms with Crippen LogP contribution in [-0.2, 0) is 17.8 Å². The number of nitrogens with one attached hydrogen (secondary N) is 1. The average Bonchev–Trinajstić information content (AvgIpc) is 2.56. The molecule has 0 atom stereocenters. The van der Waals surface area contributed by atoms with E-state index in [1.165, 1.54) is 5.56 Å². The van der Waals surface area contributed by atoms with Crippen LogP contribution in [0.1, 0.15) is 30.5 Å². The summed E-state index contributed by atoms with van der Waals surface area (Å²) in [5, 5.41) is 2.76. The monoisotopic (exact) mass is 391 g/mol. The second kappa shape index (κ2) is 8.73. The van der Waals surface area contributed by atoms with Crippen LogP contribution in [0.5, 0.6) is 5.75 Å². The zero-order valence-electron chi connectivity index (χ0n) is 14.2. The highest BCUT2D eigenvalue weighted by molar-refractivity contribution is 9.10. The van der Waals surface area contributed by atoms with Gasteiger partial charge in [0.1, 0.15) is 12.4 Å². The predicted molar refractivity (Wildman–Crippen MR) is 99.7 cm³/mol. The van der Waals surface area contributed by atoms with E-state index in [9.17, 15) is 4.79 Å². The van der Waals surface area contributed by atoms with Crippen LogP contribution in [0.25, 0.3) is 0 Å². The number of para-hydroxylation sites is 1. The number of hydrogen-bond donors (Lipinski definition) is 1. The van der Waals surface area contributed by atoms with Crippen molar-refractivity contribution in [2.45, 2.75) is 33.8 Å². The number of halogens is 1. The minimum Gasteiger partial charge on any atom is -0.489 e. The van der Waals surface area contributed by atoms with Crippen LogP contribution in [0.3, 0.4) is 0 Å². The van der Waals surface area contributed by atoms with Gasteiger partial charge >= 0.3 is 6.09 Å². The molecule has 2 aromatic carbocycles. The Balaban J connectivity index is 2.15. The van der Waals surface area contributed by atoms with Gasteiger partial charge in [-0.1, -0.05) is 31.2 Å². The first-order valence-electron chi connectivity index (χ1n) is 7.98. The summed E-state index contributed by atoms with van der Waals surface area (Å²) in [4.78, 5) is 11.7. The van der Waals surface area contributed by atoms with Crippen LogP contribution in [0.4, 0.5) is 10.5 Å². The maximum atomic E-state index is 11.7. The van der Waals surface area contributed by atoms with E-state index in [-0.39, 0.29) is 0 Å². The first-order valence-corrected chi connectivity index (χ1v) is 8.78. The molecule has 2 aromatic rings. The Labute approximate surface area is 151 Å². The number of anilines is 1. The molecule has 4 nitrogen and oxygen atoms in total. The topological polar surface area (TPSA) is 47.6 Å².